The second-order valence-electron chi connectivity index (χ2n) is 7.47. The number of hydrogen-bond donors (Lipinski definition) is 2. The SMILES string of the molecule is C=C(C)C(=O)OCC(C)OC(=O)Nc1ccc(C)c(NC(=O)OC(C)COC(=O)C(=C)C)c1. The van der Waals surface area contributed by atoms with Gasteiger partial charge in [0.15, 0.2) is 0 Å². The van der Waals surface area contributed by atoms with Crippen molar-refractivity contribution >= 4 is 35.5 Å². The topological polar surface area (TPSA) is 129 Å². The summed E-state index contributed by atoms with van der Waals surface area (Å²) >= 11 is 0. The Morgan fingerprint density at radius 1 is 0.848 bits per heavy atom. The molecule has 0 bridgehead atoms. The quantitative estimate of drug-likeness (QED) is 0.302. The number of anilines is 2. The van der Waals surface area contributed by atoms with E-state index in [4.69, 9.17) is 18.9 Å². The molecule has 1 aromatic carbocycles. The van der Waals surface area contributed by atoms with Crippen molar-refractivity contribution in [3.05, 3.63) is 48.1 Å². The number of carbonyl (C=O) groups excluding carboxylic acids is 4. The van der Waals surface area contributed by atoms with Crippen molar-refractivity contribution in [3.63, 3.8) is 0 Å². The van der Waals surface area contributed by atoms with Gasteiger partial charge in [0.05, 0.1) is 0 Å². The first-order chi connectivity index (χ1) is 15.4. The van der Waals surface area contributed by atoms with E-state index in [-0.39, 0.29) is 24.4 Å². The summed E-state index contributed by atoms with van der Waals surface area (Å²) in [5, 5.41) is 5.10. The average molecular weight is 462 g/mol. The average Bonchev–Trinajstić information content (AvgIpc) is 2.72. The van der Waals surface area contributed by atoms with Crippen molar-refractivity contribution in [2.75, 3.05) is 23.8 Å². The van der Waals surface area contributed by atoms with E-state index >= 15 is 0 Å². The van der Waals surface area contributed by atoms with Crippen LogP contribution in [-0.4, -0.2) is 49.5 Å². The van der Waals surface area contributed by atoms with E-state index in [9.17, 15) is 19.2 Å². The van der Waals surface area contributed by atoms with Crippen molar-refractivity contribution < 1.29 is 38.1 Å². The molecule has 1 rings (SSSR count). The fourth-order valence-corrected chi connectivity index (χ4v) is 2.19. The Hall–Kier alpha value is -3.82. The number of ether oxygens (including phenoxy) is 4. The summed E-state index contributed by atoms with van der Waals surface area (Å²) in [7, 11) is 0. The maximum Gasteiger partial charge on any atom is 0.412 e. The van der Waals surface area contributed by atoms with Crippen molar-refractivity contribution in [2.45, 2.75) is 46.8 Å². The second-order valence-corrected chi connectivity index (χ2v) is 7.47. The Labute approximate surface area is 192 Å². The van der Waals surface area contributed by atoms with E-state index in [1.165, 1.54) is 19.9 Å². The zero-order valence-electron chi connectivity index (χ0n) is 19.5. The van der Waals surface area contributed by atoms with Crippen molar-refractivity contribution in [2.24, 2.45) is 0 Å². The molecule has 0 aromatic heterocycles. The third-order valence-electron chi connectivity index (χ3n) is 3.93. The maximum atomic E-state index is 12.2. The Kier molecular flexibility index (Phi) is 10.6. The third-order valence-corrected chi connectivity index (χ3v) is 3.93. The summed E-state index contributed by atoms with van der Waals surface area (Å²) in [5.74, 6) is -1.15. The zero-order chi connectivity index (χ0) is 25.1. The number of amides is 2. The van der Waals surface area contributed by atoms with Gasteiger partial charge in [-0.2, -0.15) is 0 Å². The van der Waals surface area contributed by atoms with Gasteiger partial charge in [0.25, 0.3) is 0 Å². The number of esters is 2. The summed E-state index contributed by atoms with van der Waals surface area (Å²) in [4.78, 5) is 47.0. The molecule has 10 heteroatoms. The summed E-state index contributed by atoms with van der Waals surface area (Å²) in [6.45, 7) is 14.6. The van der Waals surface area contributed by atoms with Gasteiger partial charge in [0.1, 0.15) is 25.4 Å². The van der Waals surface area contributed by atoms with Gasteiger partial charge < -0.3 is 18.9 Å². The van der Waals surface area contributed by atoms with Crippen molar-refractivity contribution in [3.8, 4) is 0 Å². The van der Waals surface area contributed by atoms with Crippen LogP contribution in [0.2, 0.25) is 0 Å². The molecule has 0 aliphatic heterocycles. The van der Waals surface area contributed by atoms with Crippen LogP contribution in [0.4, 0.5) is 21.0 Å². The molecule has 0 saturated heterocycles. The molecule has 2 amide bonds. The first-order valence-electron chi connectivity index (χ1n) is 10.1. The van der Waals surface area contributed by atoms with Crippen LogP contribution in [0, 0.1) is 6.92 Å². The van der Waals surface area contributed by atoms with Gasteiger partial charge in [-0.25, -0.2) is 19.2 Å². The van der Waals surface area contributed by atoms with Crippen molar-refractivity contribution in [1.82, 2.24) is 0 Å². The molecule has 0 heterocycles. The minimum Gasteiger partial charge on any atom is -0.458 e. The Morgan fingerprint density at radius 3 is 1.76 bits per heavy atom. The van der Waals surface area contributed by atoms with E-state index in [2.05, 4.69) is 23.8 Å². The lowest BCUT2D eigenvalue weighted by Crippen LogP contribution is -2.26. The number of aryl methyl sites for hydroxylation is 1. The molecule has 180 valence electrons. The van der Waals surface area contributed by atoms with Crippen LogP contribution >= 0.6 is 0 Å². The zero-order valence-corrected chi connectivity index (χ0v) is 19.5. The normalized spacial score (nSPS) is 11.9. The van der Waals surface area contributed by atoms with Crippen LogP contribution in [-0.2, 0) is 28.5 Å². The molecule has 0 saturated carbocycles. The summed E-state index contributed by atoms with van der Waals surface area (Å²) in [6, 6.07) is 4.83. The lowest BCUT2D eigenvalue weighted by Gasteiger charge is -2.16. The van der Waals surface area contributed by atoms with Crippen LogP contribution < -0.4 is 10.6 Å². The molecular weight excluding hydrogens is 432 g/mol. The number of benzene rings is 1. The minimum absolute atomic E-state index is 0.120. The van der Waals surface area contributed by atoms with Gasteiger partial charge in [0, 0.05) is 22.5 Å². The molecule has 2 atom stereocenters. The van der Waals surface area contributed by atoms with E-state index in [0.29, 0.717) is 16.9 Å². The molecule has 2 unspecified atom stereocenters. The summed E-state index contributed by atoms with van der Waals surface area (Å²) in [6.07, 6.45) is -2.90. The fraction of sp³-hybridized carbons (Fsp3) is 0.391. The number of rotatable bonds is 10. The van der Waals surface area contributed by atoms with Gasteiger partial charge >= 0.3 is 24.1 Å². The highest BCUT2D eigenvalue weighted by molar-refractivity contribution is 5.90. The van der Waals surface area contributed by atoms with Crippen molar-refractivity contribution in [1.29, 1.82) is 0 Å². The van der Waals surface area contributed by atoms with Crippen LogP contribution in [0.25, 0.3) is 0 Å². The van der Waals surface area contributed by atoms with Gasteiger partial charge in [-0.3, -0.25) is 10.6 Å². The number of carbonyl (C=O) groups is 4. The standard InChI is InChI=1S/C23H30N2O8/c1-13(2)20(26)30-11-16(6)32-22(28)24-18-9-8-15(5)19(10-18)25-23(29)33-17(7)12-31-21(27)14(3)4/h8-10,16-17H,1,3,11-12H2,2,4-7H3,(H,24,28)(H,25,29). The highest BCUT2D eigenvalue weighted by atomic mass is 16.6. The molecule has 0 aliphatic carbocycles. The van der Waals surface area contributed by atoms with E-state index < -0.39 is 36.3 Å². The third kappa shape index (κ3) is 10.4. The van der Waals surface area contributed by atoms with Crippen LogP contribution in [0.15, 0.2) is 42.5 Å². The lowest BCUT2D eigenvalue weighted by molar-refractivity contribution is -0.142. The Morgan fingerprint density at radius 2 is 1.30 bits per heavy atom. The predicted molar refractivity (Wildman–Crippen MR) is 122 cm³/mol. The Balaban J connectivity index is 2.59. The van der Waals surface area contributed by atoms with Gasteiger partial charge in [0.2, 0.25) is 0 Å². The van der Waals surface area contributed by atoms with Crippen LogP contribution in [0.3, 0.4) is 0 Å². The molecule has 10 nitrogen and oxygen atoms in total. The molecule has 0 aliphatic rings. The first-order valence-corrected chi connectivity index (χ1v) is 10.1. The first kappa shape index (κ1) is 27.2. The second kappa shape index (κ2) is 12.9. The van der Waals surface area contributed by atoms with E-state index in [1.807, 2.05) is 0 Å². The fourth-order valence-electron chi connectivity index (χ4n) is 2.19. The highest BCUT2D eigenvalue weighted by Gasteiger charge is 2.16. The minimum atomic E-state index is -0.765. The van der Waals surface area contributed by atoms with Gasteiger partial charge in [-0.05, 0) is 52.3 Å². The molecule has 0 fully saturated rings. The summed E-state index contributed by atoms with van der Waals surface area (Å²) in [5.41, 5.74) is 1.95. The maximum absolute atomic E-state index is 12.2. The Bertz CT molecular complexity index is 925. The van der Waals surface area contributed by atoms with E-state index in [1.54, 1.807) is 32.9 Å². The molecule has 2 N–H and O–H groups in total. The molecule has 33 heavy (non-hydrogen) atoms. The van der Waals surface area contributed by atoms with Crippen LogP contribution in [0.5, 0.6) is 0 Å². The van der Waals surface area contributed by atoms with Crippen LogP contribution in [0.1, 0.15) is 33.3 Å². The highest BCUT2D eigenvalue weighted by Crippen LogP contribution is 2.21. The lowest BCUT2D eigenvalue weighted by atomic mass is 10.2. The summed E-state index contributed by atoms with van der Waals surface area (Å²) < 4.78 is 20.2. The number of nitrogens with one attached hydrogen (secondary N) is 2. The molecule has 0 radical (unpaired) electrons. The molecular formula is C23H30N2O8. The smallest absolute Gasteiger partial charge is 0.412 e. The van der Waals surface area contributed by atoms with Gasteiger partial charge in [-0.15, -0.1) is 0 Å². The number of hydrogen-bond acceptors (Lipinski definition) is 8. The molecule has 1 aromatic rings. The van der Waals surface area contributed by atoms with Gasteiger partial charge in [-0.1, -0.05) is 19.2 Å². The monoisotopic (exact) mass is 462 g/mol. The molecule has 0 spiro atoms. The predicted octanol–water partition coefficient (Wildman–Crippen LogP) is 4.11. The largest absolute Gasteiger partial charge is 0.458 e. The van der Waals surface area contributed by atoms with E-state index in [0.717, 1.165) is 0 Å².